The Morgan fingerprint density at radius 1 is 1.46 bits per heavy atom. The first-order valence-corrected chi connectivity index (χ1v) is 7.72. The van der Waals surface area contributed by atoms with Gasteiger partial charge >= 0.3 is 5.97 Å². The highest BCUT2D eigenvalue weighted by molar-refractivity contribution is 5.97. The highest BCUT2D eigenvalue weighted by Crippen LogP contribution is 2.28. The SMILES string of the molecule is COC(=O)CC1Cc2ccc(C=CCCN=C(N)N)cc2NC1=O. The minimum Gasteiger partial charge on any atom is -0.469 e. The molecule has 0 aromatic heterocycles. The summed E-state index contributed by atoms with van der Waals surface area (Å²) >= 11 is 0. The van der Waals surface area contributed by atoms with Crippen LogP contribution < -0.4 is 16.8 Å². The number of rotatable bonds is 6. The highest BCUT2D eigenvalue weighted by atomic mass is 16.5. The Morgan fingerprint density at radius 3 is 2.96 bits per heavy atom. The van der Waals surface area contributed by atoms with Crippen LogP contribution in [0.3, 0.4) is 0 Å². The quantitative estimate of drug-likeness (QED) is 0.311. The molecular weight excluding hydrogens is 308 g/mol. The summed E-state index contributed by atoms with van der Waals surface area (Å²) in [6, 6.07) is 5.86. The van der Waals surface area contributed by atoms with Crippen molar-refractivity contribution in [2.75, 3.05) is 19.0 Å². The summed E-state index contributed by atoms with van der Waals surface area (Å²) < 4.78 is 4.63. The van der Waals surface area contributed by atoms with Crippen molar-refractivity contribution in [1.82, 2.24) is 0 Å². The fourth-order valence-corrected chi connectivity index (χ4v) is 2.52. The molecule has 5 N–H and O–H groups in total. The normalized spacial score (nSPS) is 16.4. The number of methoxy groups -OCH3 is 1. The zero-order chi connectivity index (χ0) is 17.5. The lowest BCUT2D eigenvalue weighted by Crippen LogP contribution is -2.31. The minimum absolute atomic E-state index is 0.0846. The van der Waals surface area contributed by atoms with Crippen LogP contribution >= 0.6 is 0 Å². The summed E-state index contributed by atoms with van der Waals surface area (Å²) in [6.07, 6.45) is 5.27. The average molecular weight is 330 g/mol. The molecule has 0 spiro atoms. The first kappa shape index (κ1) is 17.5. The van der Waals surface area contributed by atoms with E-state index in [1.807, 2.05) is 30.4 Å². The number of nitrogens with one attached hydrogen (secondary N) is 1. The number of hydrogen-bond acceptors (Lipinski definition) is 4. The van der Waals surface area contributed by atoms with E-state index in [2.05, 4.69) is 15.0 Å². The number of nitrogens with zero attached hydrogens (tertiary/aromatic N) is 1. The van der Waals surface area contributed by atoms with Crippen molar-refractivity contribution < 1.29 is 14.3 Å². The molecule has 128 valence electrons. The molecule has 0 aliphatic carbocycles. The molecule has 0 saturated heterocycles. The van der Waals surface area contributed by atoms with Crippen LogP contribution in [-0.4, -0.2) is 31.5 Å². The first-order valence-electron chi connectivity index (χ1n) is 7.72. The highest BCUT2D eigenvalue weighted by Gasteiger charge is 2.28. The first-order chi connectivity index (χ1) is 11.5. The number of benzene rings is 1. The van der Waals surface area contributed by atoms with Crippen molar-refractivity contribution >= 4 is 29.6 Å². The number of anilines is 1. The van der Waals surface area contributed by atoms with Crippen molar-refractivity contribution in [1.29, 1.82) is 0 Å². The van der Waals surface area contributed by atoms with Gasteiger partial charge in [0, 0.05) is 12.2 Å². The van der Waals surface area contributed by atoms with E-state index in [0.29, 0.717) is 13.0 Å². The minimum atomic E-state index is -0.383. The number of hydrogen-bond donors (Lipinski definition) is 3. The molecule has 0 radical (unpaired) electrons. The fraction of sp³-hybridized carbons (Fsp3) is 0.353. The average Bonchev–Trinajstić information content (AvgIpc) is 2.54. The van der Waals surface area contributed by atoms with E-state index in [0.717, 1.165) is 23.2 Å². The maximum atomic E-state index is 12.1. The molecule has 7 heteroatoms. The third-order valence-corrected chi connectivity index (χ3v) is 3.77. The Labute approximate surface area is 140 Å². The van der Waals surface area contributed by atoms with Crippen LogP contribution in [-0.2, 0) is 20.7 Å². The number of esters is 1. The monoisotopic (exact) mass is 330 g/mol. The van der Waals surface area contributed by atoms with Gasteiger partial charge < -0.3 is 21.5 Å². The van der Waals surface area contributed by atoms with Gasteiger partial charge in [0.25, 0.3) is 0 Å². The van der Waals surface area contributed by atoms with Crippen molar-refractivity contribution in [3.8, 4) is 0 Å². The number of fused-ring (bicyclic) bond motifs is 1. The lowest BCUT2D eigenvalue weighted by Gasteiger charge is -2.24. The molecule has 7 nitrogen and oxygen atoms in total. The molecular formula is C17H22N4O3. The summed E-state index contributed by atoms with van der Waals surface area (Å²) in [5.74, 6) is -0.826. The standard InChI is InChI=1S/C17H22N4O3/c1-24-15(22)10-13-9-12-6-5-11(8-14(12)21-16(13)23)4-2-3-7-20-17(18)19/h2,4-6,8,13H,3,7,9-10H2,1H3,(H,21,23)(H4,18,19,20). The van der Waals surface area contributed by atoms with Crippen molar-refractivity contribution in [3.05, 3.63) is 35.4 Å². The Balaban J connectivity index is 2.01. The molecule has 1 heterocycles. The second-order valence-corrected chi connectivity index (χ2v) is 5.58. The van der Waals surface area contributed by atoms with Crippen LogP contribution in [0.25, 0.3) is 6.08 Å². The van der Waals surface area contributed by atoms with Crippen molar-refractivity contribution in [2.24, 2.45) is 22.4 Å². The molecule has 24 heavy (non-hydrogen) atoms. The lowest BCUT2D eigenvalue weighted by atomic mass is 9.90. The Hall–Kier alpha value is -2.83. The van der Waals surface area contributed by atoms with Crippen LogP contribution in [0.1, 0.15) is 24.0 Å². The summed E-state index contributed by atoms with van der Waals surface area (Å²) in [5.41, 5.74) is 13.3. The molecule has 1 amide bonds. The summed E-state index contributed by atoms with van der Waals surface area (Å²) in [7, 11) is 1.32. The number of carbonyl (C=O) groups excluding carboxylic acids is 2. The van der Waals surface area contributed by atoms with Gasteiger partial charge in [0.05, 0.1) is 19.4 Å². The van der Waals surface area contributed by atoms with E-state index >= 15 is 0 Å². The van der Waals surface area contributed by atoms with Gasteiger partial charge in [-0.25, -0.2) is 0 Å². The topological polar surface area (TPSA) is 120 Å². The summed E-state index contributed by atoms with van der Waals surface area (Å²) in [4.78, 5) is 27.4. The Morgan fingerprint density at radius 2 is 2.25 bits per heavy atom. The molecule has 0 saturated carbocycles. The molecule has 2 rings (SSSR count). The fourth-order valence-electron chi connectivity index (χ4n) is 2.52. The maximum absolute atomic E-state index is 12.1. The number of amides is 1. The molecule has 0 fully saturated rings. The molecule has 1 aliphatic rings. The molecule has 1 aliphatic heterocycles. The van der Waals surface area contributed by atoms with E-state index in [1.165, 1.54) is 7.11 Å². The zero-order valence-corrected chi connectivity index (χ0v) is 13.6. The van der Waals surface area contributed by atoms with E-state index in [9.17, 15) is 9.59 Å². The Bertz CT molecular complexity index is 678. The van der Waals surface area contributed by atoms with Gasteiger partial charge in [0.1, 0.15) is 0 Å². The third-order valence-electron chi connectivity index (χ3n) is 3.77. The van der Waals surface area contributed by atoms with Gasteiger partial charge in [-0.15, -0.1) is 0 Å². The zero-order valence-electron chi connectivity index (χ0n) is 13.6. The van der Waals surface area contributed by atoms with Crippen molar-refractivity contribution in [3.63, 3.8) is 0 Å². The van der Waals surface area contributed by atoms with Gasteiger partial charge in [0.15, 0.2) is 5.96 Å². The molecule has 1 atom stereocenters. The van der Waals surface area contributed by atoms with Gasteiger partial charge in [0.2, 0.25) is 5.91 Å². The van der Waals surface area contributed by atoms with Gasteiger partial charge in [-0.3, -0.25) is 14.6 Å². The van der Waals surface area contributed by atoms with E-state index in [4.69, 9.17) is 11.5 Å². The van der Waals surface area contributed by atoms with E-state index in [1.54, 1.807) is 0 Å². The predicted molar refractivity (Wildman–Crippen MR) is 93.2 cm³/mol. The molecule has 1 unspecified atom stereocenters. The smallest absolute Gasteiger partial charge is 0.306 e. The van der Waals surface area contributed by atoms with Gasteiger partial charge in [-0.05, 0) is 30.0 Å². The van der Waals surface area contributed by atoms with Gasteiger partial charge in [-0.1, -0.05) is 24.3 Å². The van der Waals surface area contributed by atoms with E-state index in [-0.39, 0.29) is 30.2 Å². The van der Waals surface area contributed by atoms with Crippen LogP contribution in [0.15, 0.2) is 29.3 Å². The number of aliphatic imine (C=N–C) groups is 1. The number of carbonyl (C=O) groups is 2. The van der Waals surface area contributed by atoms with Crippen LogP contribution in [0.4, 0.5) is 5.69 Å². The molecule has 1 aromatic carbocycles. The second-order valence-electron chi connectivity index (χ2n) is 5.58. The lowest BCUT2D eigenvalue weighted by molar-refractivity contribution is -0.143. The third kappa shape index (κ3) is 4.84. The summed E-state index contributed by atoms with van der Waals surface area (Å²) in [6.45, 7) is 0.537. The number of ether oxygens (including phenoxy) is 1. The van der Waals surface area contributed by atoms with Crippen LogP contribution in [0.5, 0.6) is 0 Å². The second kappa shape index (κ2) is 8.14. The molecule has 0 bridgehead atoms. The number of guanidine groups is 1. The predicted octanol–water partition coefficient (Wildman–Crippen LogP) is 1.04. The van der Waals surface area contributed by atoms with Crippen LogP contribution in [0.2, 0.25) is 0 Å². The van der Waals surface area contributed by atoms with E-state index < -0.39 is 0 Å². The van der Waals surface area contributed by atoms with Gasteiger partial charge in [-0.2, -0.15) is 0 Å². The largest absolute Gasteiger partial charge is 0.469 e. The summed E-state index contributed by atoms with van der Waals surface area (Å²) in [5, 5.41) is 2.86. The molecule has 1 aromatic rings. The van der Waals surface area contributed by atoms with Crippen LogP contribution in [0, 0.1) is 5.92 Å². The Kier molecular flexibility index (Phi) is 5.95. The number of nitrogens with two attached hydrogens (primary N) is 2. The van der Waals surface area contributed by atoms with Crippen molar-refractivity contribution in [2.45, 2.75) is 19.3 Å². The maximum Gasteiger partial charge on any atom is 0.306 e.